The standard InChI is InChI=1S/C15H16NO3S/c1-10-4-5-13(11(2)8-10)9-14-6-7-16(17)15(12(14)3)20(18)19/h4-8H,9H2,1-3H3/q-1. The monoisotopic (exact) mass is 290 g/mol. The van der Waals surface area contributed by atoms with Gasteiger partial charge in [-0.15, -0.1) is 0 Å². The van der Waals surface area contributed by atoms with Crippen molar-refractivity contribution in [1.82, 2.24) is 4.73 Å². The first kappa shape index (κ1) is 14.4. The van der Waals surface area contributed by atoms with Gasteiger partial charge in [0, 0.05) is 0 Å². The molecular weight excluding hydrogens is 274 g/mol. The molecule has 1 aromatic heterocycles. The predicted octanol–water partition coefficient (Wildman–Crippen LogP) is 2.76. The van der Waals surface area contributed by atoms with Crippen molar-refractivity contribution in [2.24, 2.45) is 0 Å². The minimum absolute atomic E-state index is 0.202. The van der Waals surface area contributed by atoms with Crippen molar-refractivity contribution in [2.45, 2.75) is 27.2 Å². The SMILES string of the molecule is Cc1ccc(Cc2ccn([O-])c(=S(=O)=O)c2C)c(C)c1. The van der Waals surface area contributed by atoms with Gasteiger partial charge in [0.05, 0.1) is 0 Å². The second-order valence-corrected chi connectivity index (χ2v) is 5.79. The second kappa shape index (κ2) is 5.54. The van der Waals surface area contributed by atoms with Crippen LogP contribution in [0.1, 0.15) is 27.8 Å². The maximum Gasteiger partial charge on any atom is 0.238 e. The molecule has 0 unspecified atom stereocenters. The Labute approximate surface area is 119 Å². The molecule has 0 amide bonds. The summed E-state index contributed by atoms with van der Waals surface area (Å²) in [5, 5.41) is 11.5. The molecule has 0 aliphatic heterocycles. The van der Waals surface area contributed by atoms with Crippen molar-refractivity contribution in [1.29, 1.82) is 0 Å². The van der Waals surface area contributed by atoms with E-state index in [1.807, 2.05) is 26.0 Å². The third kappa shape index (κ3) is 2.77. The van der Waals surface area contributed by atoms with Gasteiger partial charge in [0.2, 0.25) is 10.3 Å². The van der Waals surface area contributed by atoms with Crippen molar-refractivity contribution in [3.63, 3.8) is 0 Å². The van der Waals surface area contributed by atoms with E-state index in [1.165, 1.54) is 11.8 Å². The van der Waals surface area contributed by atoms with Gasteiger partial charge >= 0.3 is 0 Å². The zero-order valence-electron chi connectivity index (χ0n) is 11.7. The lowest BCUT2D eigenvalue weighted by Crippen LogP contribution is -2.02. The molecule has 0 fully saturated rings. The van der Waals surface area contributed by atoms with E-state index in [9.17, 15) is 13.6 Å². The van der Waals surface area contributed by atoms with Crippen LogP contribution in [-0.4, -0.2) is 13.1 Å². The van der Waals surface area contributed by atoms with Gasteiger partial charge < -0.3 is 9.94 Å². The lowest BCUT2D eigenvalue weighted by atomic mass is 9.97. The van der Waals surface area contributed by atoms with E-state index in [-0.39, 0.29) is 4.64 Å². The van der Waals surface area contributed by atoms with Gasteiger partial charge in [-0.25, -0.2) is 0 Å². The minimum Gasteiger partial charge on any atom is -0.805 e. The van der Waals surface area contributed by atoms with E-state index in [2.05, 4.69) is 6.07 Å². The quantitative estimate of drug-likeness (QED) is 0.799. The second-order valence-electron chi connectivity index (χ2n) is 4.94. The molecule has 0 radical (unpaired) electrons. The van der Waals surface area contributed by atoms with E-state index >= 15 is 0 Å². The van der Waals surface area contributed by atoms with Crippen LogP contribution in [0.2, 0.25) is 0 Å². The van der Waals surface area contributed by atoms with Crippen LogP contribution in [0, 0.1) is 30.6 Å². The fourth-order valence-electron chi connectivity index (χ4n) is 2.29. The van der Waals surface area contributed by atoms with Crippen molar-refractivity contribution >= 4 is 10.3 Å². The zero-order valence-corrected chi connectivity index (χ0v) is 12.5. The fourth-order valence-corrected chi connectivity index (χ4v) is 2.88. The van der Waals surface area contributed by atoms with E-state index in [0.717, 1.165) is 16.7 Å². The van der Waals surface area contributed by atoms with E-state index in [4.69, 9.17) is 0 Å². The van der Waals surface area contributed by atoms with Gasteiger partial charge in [-0.3, -0.25) is 0 Å². The molecule has 0 aliphatic rings. The van der Waals surface area contributed by atoms with Crippen LogP contribution in [0.15, 0.2) is 30.5 Å². The number of hydrogen-bond donors (Lipinski definition) is 0. The summed E-state index contributed by atoms with van der Waals surface area (Å²) in [4.78, 5) is 0. The maximum absolute atomic E-state index is 11.5. The van der Waals surface area contributed by atoms with Crippen molar-refractivity contribution in [2.75, 3.05) is 0 Å². The number of nitrogens with zero attached hydrogens (tertiary/aromatic N) is 1. The molecule has 0 atom stereocenters. The van der Waals surface area contributed by atoms with E-state index < -0.39 is 10.3 Å². The fraction of sp³-hybridized carbons (Fsp3) is 0.267. The van der Waals surface area contributed by atoms with Gasteiger partial charge in [0.1, 0.15) is 0 Å². The Bertz CT molecular complexity index is 825. The smallest absolute Gasteiger partial charge is 0.238 e. The molecule has 106 valence electrons. The summed E-state index contributed by atoms with van der Waals surface area (Å²) in [5.41, 5.74) is 4.84. The van der Waals surface area contributed by atoms with E-state index in [0.29, 0.717) is 16.7 Å². The molecule has 20 heavy (non-hydrogen) atoms. The molecule has 2 rings (SSSR count). The normalized spacial score (nSPS) is 10.6. The van der Waals surface area contributed by atoms with Gasteiger partial charge in [-0.1, -0.05) is 23.8 Å². The number of pyridine rings is 1. The molecule has 5 heteroatoms. The molecule has 1 heterocycles. The summed E-state index contributed by atoms with van der Waals surface area (Å²) in [6.07, 6.45) is 1.86. The van der Waals surface area contributed by atoms with E-state index in [1.54, 1.807) is 13.0 Å². The highest BCUT2D eigenvalue weighted by atomic mass is 32.2. The molecule has 0 spiro atoms. The average molecular weight is 290 g/mol. The first-order chi connectivity index (χ1) is 9.40. The molecular formula is C15H16NO3S-. The summed E-state index contributed by atoms with van der Waals surface area (Å²) in [6, 6.07) is 7.84. The first-order valence-corrected chi connectivity index (χ1v) is 7.34. The molecule has 0 saturated heterocycles. The largest absolute Gasteiger partial charge is 0.805 e. The number of aromatic nitrogens is 1. The Hall–Kier alpha value is -2.01. The molecule has 0 N–H and O–H groups in total. The van der Waals surface area contributed by atoms with Crippen LogP contribution in [0.3, 0.4) is 0 Å². The van der Waals surface area contributed by atoms with Crippen LogP contribution >= 0.6 is 0 Å². The maximum atomic E-state index is 11.5. The van der Waals surface area contributed by atoms with Crippen molar-refractivity contribution in [3.8, 4) is 0 Å². The van der Waals surface area contributed by atoms with Crippen LogP contribution in [-0.2, 0) is 16.7 Å². The van der Waals surface area contributed by atoms with Gasteiger partial charge in [0.15, 0.2) is 4.64 Å². The third-order valence-corrected chi connectivity index (χ3v) is 4.25. The summed E-state index contributed by atoms with van der Waals surface area (Å²) in [6.45, 7) is 5.73. The number of hydrogen-bond acceptors (Lipinski definition) is 3. The van der Waals surface area contributed by atoms with Crippen LogP contribution < -0.4 is 0 Å². The Kier molecular flexibility index (Phi) is 3.99. The molecule has 0 aliphatic carbocycles. The number of benzene rings is 1. The summed E-state index contributed by atoms with van der Waals surface area (Å²) >= 11 is 0. The topological polar surface area (TPSA) is 62.1 Å². The highest BCUT2D eigenvalue weighted by molar-refractivity contribution is 7.63. The summed E-state index contributed by atoms with van der Waals surface area (Å²) in [5.74, 6) is 0. The van der Waals surface area contributed by atoms with Crippen LogP contribution in [0.5, 0.6) is 0 Å². The summed E-state index contributed by atoms with van der Waals surface area (Å²) < 4.78 is 22.5. The Balaban J connectivity index is 2.56. The Morgan fingerprint density at radius 3 is 2.40 bits per heavy atom. The number of aryl methyl sites for hydroxylation is 2. The zero-order chi connectivity index (χ0) is 14.9. The highest BCUT2D eigenvalue weighted by Crippen LogP contribution is 2.18. The third-order valence-electron chi connectivity index (χ3n) is 3.45. The summed E-state index contributed by atoms with van der Waals surface area (Å²) in [7, 11) is -2.53. The number of rotatable bonds is 2. The van der Waals surface area contributed by atoms with Gasteiger partial charge in [-0.2, -0.15) is 8.42 Å². The lowest BCUT2D eigenvalue weighted by molar-refractivity contribution is 0.623. The highest BCUT2D eigenvalue weighted by Gasteiger charge is 2.06. The lowest BCUT2D eigenvalue weighted by Gasteiger charge is -2.15. The average Bonchev–Trinajstić information content (AvgIpc) is 2.35. The van der Waals surface area contributed by atoms with Gasteiger partial charge in [-0.05, 0) is 61.7 Å². The van der Waals surface area contributed by atoms with Gasteiger partial charge in [0.25, 0.3) is 0 Å². The molecule has 0 saturated carbocycles. The Morgan fingerprint density at radius 1 is 1.10 bits per heavy atom. The molecule has 0 bridgehead atoms. The van der Waals surface area contributed by atoms with Crippen LogP contribution in [0.4, 0.5) is 0 Å². The predicted molar refractivity (Wildman–Crippen MR) is 78.8 cm³/mol. The minimum atomic E-state index is -2.53. The van der Waals surface area contributed by atoms with Crippen LogP contribution in [0.25, 0.3) is 0 Å². The molecule has 2 aromatic rings. The first-order valence-electron chi connectivity index (χ1n) is 6.27. The van der Waals surface area contributed by atoms with Crippen molar-refractivity contribution in [3.05, 3.63) is 68.1 Å². The van der Waals surface area contributed by atoms with Crippen molar-refractivity contribution < 1.29 is 8.42 Å². The molecule has 4 nitrogen and oxygen atoms in total. The Morgan fingerprint density at radius 2 is 1.80 bits per heavy atom. The molecule has 1 aromatic carbocycles.